The van der Waals surface area contributed by atoms with Crippen molar-refractivity contribution in [3.63, 3.8) is 0 Å². The van der Waals surface area contributed by atoms with E-state index >= 15 is 0 Å². The molecule has 0 saturated carbocycles. The zero-order valence-electron chi connectivity index (χ0n) is 13.0. The monoisotopic (exact) mass is 279 g/mol. The average Bonchev–Trinajstić information content (AvgIpc) is 2.37. The summed E-state index contributed by atoms with van der Waals surface area (Å²) < 4.78 is 5.32. The normalized spacial score (nSPS) is 12.8. The smallest absolute Gasteiger partial charge is 0.335 e. The maximum absolute atomic E-state index is 11.1. The van der Waals surface area contributed by atoms with Gasteiger partial charge < -0.3 is 9.84 Å². The first-order chi connectivity index (χ1) is 9.35. The molecule has 0 heterocycles. The summed E-state index contributed by atoms with van der Waals surface area (Å²) in [6, 6.07) is 5.43. The number of nitrogens with zero attached hydrogens (tertiary/aromatic N) is 1. The SMILES string of the molecule is COc1ccc(C(=O)O)cc1CN(C)C(C)CC(C)C. The van der Waals surface area contributed by atoms with Gasteiger partial charge in [0, 0.05) is 18.2 Å². The predicted molar refractivity (Wildman–Crippen MR) is 80.3 cm³/mol. The predicted octanol–water partition coefficient (Wildman–Crippen LogP) is 3.26. The number of aromatic carboxylic acids is 1. The highest BCUT2D eigenvalue weighted by Crippen LogP contribution is 2.23. The Labute approximate surface area is 121 Å². The molecule has 0 amide bonds. The summed E-state index contributed by atoms with van der Waals surface area (Å²) in [5, 5.41) is 9.08. The van der Waals surface area contributed by atoms with E-state index in [2.05, 4.69) is 32.7 Å². The van der Waals surface area contributed by atoms with Crippen LogP contribution in [0.1, 0.15) is 43.1 Å². The van der Waals surface area contributed by atoms with Crippen LogP contribution < -0.4 is 4.74 Å². The van der Waals surface area contributed by atoms with Crippen LogP contribution in [0.5, 0.6) is 5.75 Å². The summed E-state index contributed by atoms with van der Waals surface area (Å²) in [5.41, 5.74) is 1.20. The van der Waals surface area contributed by atoms with Crippen LogP contribution in [0.3, 0.4) is 0 Å². The van der Waals surface area contributed by atoms with Gasteiger partial charge in [0.15, 0.2) is 0 Å². The number of benzene rings is 1. The summed E-state index contributed by atoms with van der Waals surface area (Å²) >= 11 is 0. The van der Waals surface area contributed by atoms with Crippen molar-refractivity contribution in [2.24, 2.45) is 5.92 Å². The van der Waals surface area contributed by atoms with Gasteiger partial charge in [-0.2, -0.15) is 0 Å². The number of hydrogen-bond donors (Lipinski definition) is 1. The molecule has 1 rings (SSSR count). The minimum absolute atomic E-state index is 0.297. The van der Waals surface area contributed by atoms with Gasteiger partial charge in [-0.1, -0.05) is 13.8 Å². The second kappa shape index (κ2) is 7.29. The molecule has 20 heavy (non-hydrogen) atoms. The third kappa shape index (κ3) is 4.53. The van der Waals surface area contributed by atoms with Gasteiger partial charge in [-0.15, -0.1) is 0 Å². The van der Waals surface area contributed by atoms with Gasteiger partial charge in [-0.25, -0.2) is 4.79 Å². The summed E-state index contributed by atoms with van der Waals surface area (Å²) in [7, 11) is 3.66. The molecule has 1 aromatic rings. The van der Waals surface area contributed by atoms with Crippen molar-refractivity contribution in [2.75, 3.05) is 14.2 Å². The number of methoxy groups -OCH3 is 1. The number of carbonyl (C=O) groups is 1. The Kier molecular flexibility index (Phi) is 6.02. The minimum Gasteiger partial charge on any atom is -0.496 e. The maximum atomic E-state index is 11.1. The van der Waals surface area contributed by atoms with E-state index in [0.29, 0.717) is 24.1 Å². The zero-order chi connectivity index (χ0) is 15.3. The Morgan fingerprint density at radius 1 is 1.35 bits per heavy atom. The lowest BCUT2D eigenvalue weighted by atomic mass is 10.0. The molecule has 0 aromatic heterocycles. The molecule has 0 spiro atoms. The van der Waals surface area contributed by atoms with E-state index in [4.69, 9.17) is 9.84 Å². The van der Waals surface area contributed by atoms with Crippen molar-refractivity contribution in [2.45, 2.75) is 39.8 Å². The summed E-state index contributed by atoms with van der Waals surface area (Å²) in [6.07, 6.45) is 1.11. The van der Waals surface area contributed by atoms with Gasteiger partial charge in [0.05, 0.1) is 12.7 Å². The third-order valence-corrected chi connectivity index (χ3v) is 3.51. The fourth-order valence-corrected chi connectivity index (χ4v) is 2.32. The molecule has 1 aromatic carbocycles. The lowest BCUT2D eigenvalue weighted by Crippen LogP contribution is -2.30. The molecule has 1 atom stereocenters. The van der Waals surface area contributed by atoms with Crippen molar-refractivity contribution in [1.82, 2.24) is 4.90 Å². The molecule has 0 bridgehead atoms. The van der Waals surface area contributed by atoms with Gasteiger partial charge in [0.25, 0.3) is 0 Å². The number of rotatable bonds is 7. The van der Waals surface area contributed by atoms with Crippen LogP contribution >= 0.6 is 0 Å². The second-order valence-corrected chi connectivity index (χ2v) is 5.73. The van der Waals surface area contributed by atoms with Gasteiger partial charge in [-0.05, 0) is 44.5 Å². The van der Waals surface area contributed by atoms with Crippen molar-refractivity contribution >= 4 is 5.97 Å². The Morgan fingerprint density at radius 2 is 2.00 bits per heavy atom. The molecule has 0 fully saturated rings. The van der Waals surface area contributed by atoms with Crippen molar-refractivity contribution in [3.05, 3.63) is 29.3 Å². The lowest BCUT2D eigenvalue weighted by molar-refractivity contribution is 0.0696. The minimum atomic E-state index is -0.910. The van der Waals surface area contributed by atoms with Crippen LogP contribution in [0.25, 0.3) is 0 Å². The molecule has 0 aliphatic heterocycles. The Morgan fingerprint density at radius 3 is 2.50 bits per heavy atom. The molecule has 0 aliphatic rings. The van der Waals surface area contributed by atoms with Crippen LogP contribution in [0.4, 0.5) is 0 Å². The molecule has 0 saturated heterocycles. The molecule has 112 valence electrons. The summed E-state index contributed by atoms with van der Waals surface area (Å²) in [5.74, 6) is 0.463. The van der Waals surface area contributed by atoms with Crippen molar-refractivity contribution < 1.29 is 14.6 Å². The quantitative estimate of drug-likeness (QED) is 0.832. The molecule has 1 unspecified atom stereocenters. The van der Waals surface area contributed by atoms with E-state index in [1.54, 1.807) is 25.3 Å². The zero-order valence-corrected chi connectivity index (χ0v) is 13.0. The third-order valence-electron chi connectivity index (χ3n) is 3.51. The fraction of sp³-hybridized carbons (Fsp3) is 0.562. The molecule has 4 heteroatoms. The average molecular weight is 279 g/mol. The van der Waals surface area contributed by atoms with Crippen LogP contribution in [-0.2, 0) is 6.54 Å². The first-order valence-electron chi connectivity index (χ1n) is 6.95. The van der Waals surface area contributed by atoms with E-state index < -0.39 is 5.97 Å². The molecule has 0 aliphatic carbocycles. The van der Waals surface area contributed by atoms with Crippen molar-refractivity contribution in [1.29, 1.82) is 0 Å². The van der Waals surface area contributed by atoms with Gasteiger partial charge in [-0.3, -0.25) is 4.90 Å². The summed E-state index contributed by atoms with van der Waals surface area (Å²) in [4.78, 5) is 13.3. The standard InChI is InChI=1S/C16H25NO3/c1-11(2)8-12(3)17(4)10-14-9-13(16(18)19)6-7-15(14)20-5/h6-7,9,11-12H,8,10H2,1-5H3,(H,18,19). The number of carboxylic acids is 1. The Hall–Kier alpha value is -1.55. The first kappa shape index (κ1) is 16.5. The van der Waals surface area contributed by atoms with Crippen LogP contribution in [0, 0.1) is 5.92 Å². The molecule has 1 N–H and O–H groups in total. The number of ether oxygens (including phenoxy) is 1. The van der Waals surface area contributed by atoms with Crippen LogP contribution in [0.2, 0.25) is 0 Å². The van der Waals surface area contributed by atoms with E-state index in [-0.39, 0.29) is 0 Å². The lowest BCUT2D eigenvalue weighted by Gasteiger charge is -2.27. The highest BCUT2D eigenvalue weighted by Gasteiger charge is 2.15. The molecule has 4 nitrogen and oxygen atoms in total. The van der Waals surface area contributed by atoms with Gasteiger partial charge in [0.1, 0.15) is 5.75 Å². The van der Waals surface area contributed by atoms with E-state index in [1.165, 1.54) is 0 Å². The number of carboxylic acid groups (broad SMARTS) is 1. The molecular weight excluding hydrogens is 254 g/mol. The van der Waals surface area contributed by atoms with E-state index in [0.717, 1.165) is 17.7 Å². The van der Waals surface area contributed by atoms with E-state index in [9.17, 15) is 4.79 Å². The topological polar surface area (TPSA) is 49.8 Å². The Bertz CT molecular complexity index is 457. The summed E-state index contributed by atoms with van der Waals surface area (Å²) in [6.45, 7) is 7.28. The molecule has 0 radical (unpaired) electrons. The van der Waals surface area contributed by atoms with Crippen LogP contribution in [0.15, 0.2) is 18.2 Å². The van der Waals surface area contributed by atoms with Crippen LogP contribution in [-0.4, -0.2) is 36.2 Å². The van der Waals surface area contributed by atoms with Gasteiger partial charge >= 0.3 is 5.97 Å². The first-order valence-corrected chi connectivity index (χ1v) is 6.95. The van der Waals surface area contributed by atoms with Gasteiger partial charge in [0.2, 0.25) is 0 Å². The second-order valence-electron chi connectivity index (χ2n) is 5.73. The number of hydrogen-bond acceptors (Lipinski definition) is 3. The Balaban J connectivity index is 2.89. The largest absolute Gasteiger partial charge is 0.496 e. The highest BCUT2D eigenvalue weighted by atomic mass is 16.5. The fourth-order valence-electron chi connectivity index (χ4n) is 2.32. The molecular formula is C16H25NO3. The van der Waals surface area contributed by atoms with Crippen molar-refractivity contribution in [3.8, 4) is 5.75 Å². The van der Waals surface area contributed by atoms with E-state index in [1.807, 2.05) is 0 Å². The maximum Gasteiger partial charge on any atom is 0.335 e. The highest BCUT2D eigenvalue weighted by molar-refractivity contribution is 5.88.